The molecule has 330 valence electrons. The van der Waals surface area contributed by atoms with Crippen LogP contribution in [-0.2, 0) is 28.9 Å². The van der Waals surface area contributed by atoms with Crippen molar-refractivity contribution in [1.29, 1.82) is 0 Å². The second kappa shape index (κ2) is 33.4. The lowest BCUT2D eigenvalue weighted by molar-refractivity contribution is -0.298. The van der Waals surface area contributed by atoms with Crippen molar-refractivity contribution in [2.75, 3.05) is 13.2 Å². The standard InChI is InChI=1S/C42H79NO12S/c1-3-5-7-9-11-13-15-16-17-18-19-20-21-23-25-27-29-31-36(46)41(49)43-34(35(45)30-28-26-24-22-14-12-10-8-6-4-2)33-53-42-39(48)40(55-56(50,51)52)38(47)37(32-44)54-42/h14,22,28,30,34-40,42,44-48H,3-13,15-21,23-27,29,31-33H2,1-2H3,(H,43,49)(H,50,51,52)/b22-14+,30-28+. The Hall–Kier alpha value is -1.46. The van der Waals surface area contributed by atoms with Gasteiger partial charge in [-0.15, -0.1) is 0 Å². The number of carbonyl (C=O) groups excluding carboxylic acids is 1. The number of aliphatic hydroxyl groups excluding tert-OH is 5. The van der Waals surface area contributed by atoms with E-state index in [1.165, 1.54) is 109 Å². The number of nitrogens with one attached hydrogen (secondary N) is 1. The number of allylic oxidation sites excluding steroid dienone is 3. The highest BCUT2D eigenvalue weighted by molar-refractivity contribution is 7.80. The van der Waals surface area contributed by atoms with Crippen LogP contribution in [0.15, 0.2) is 24.3 Å². The average molecular weight is 822 g/mol. The molecular formula is C42H79NO12S. The van der Waals surface area contributed by atoms with E-state index in [0.717, 1.165) is 38.5 Å². The monoisotopic (exact) mass is 822 g/mol. The number of unbranched alkanes of at least 4 members (excludes halogenated alkanes) is 21. The van der Waals surface area contributed by atoms with Gasteiger partial charge in [-0.1, -0.05) is 167 Å². The van der Waals surface area contributed by atoms with Crippen molar-refractivity contribution in [3.05, 3.63) is 24.3 Å². The molecule has 1 fully saturated rings. The zero-order chi connectivity index (χ0) is 41.4. The van der Waals surface area contributed by atoms with Crippen LogP contribution < -0.4 is 5.32 Å². The number of hydrogen-bond donors (Lipinski definition) is 7. The number of carbonyl (C=O) groups is 1. The highest BCUT2D eigenvalue weighted by atomic mass is 32.3. The normalized spacial score (nSPS) is 22.2. The second-order valence-corrected chi connectivity index (χ2v) is 16.5. The molecule has 0 aromatic heterocycles. The first-order valence-electron chi connectivity index (χ1n) is 21.8. The Labute approximate surface area is 338 Å². The van der Waals surface area contributed by atoms with Gasteiger partial charge in [-0.25, -0.2) is 4.18 Å². The van der Waals surface area contributed by atoms with E-state index in [0.29, 0.717) is 12.8 Å². The van der Waals surface area contributed by atoms with Gasteiger partial charge in [0.05, 0.1) is 25.4 Å². The van der Waals surface area contributed by atoms with E-state index in [1.54, 1.807) is 6.08 Å². The van der Waals surface area contributed by atoms with Crippen LogP contribution in [0.3, 0.4) is 0 Å². The molecule has 1 amide bonds. The van der Waals surface area contributed by atoms with Crippen LogP contribution in [-0.4, -0.2) is 107 Å². The molecule has 13 nitrogen and oxygen atoms in total. The molecule has 0 bridgehead atoms. The molecule has 0 radical (unpaired) electrons. The number of hydrogen-bond acceptors (Lipinski definition) is 11. The van der Waals surface area contributed by atoms with Crippen molar-refractivity contribution in [3.8, 4) is 0 Å². The zero-order valence-electron chi connectivity index (χ0n) is 34.6. The quantitative estimate of drug-likeness (QED) is 0.0199. The van der Waals surface area contributed by atoms with Crippen molar-refractivity contribution < 1.29 is 57.0 Å². The Kier molecular flexibility index (Phi) is 31.3. The fourth-order valence-corrected chi connectivity index (χ4v) is 7.34. The average Bonchev–Trinajstić information content (AvgIpc) is 3.16. The van der Waals surface area contributed by atoms with Gasteiger partial charge in [0.1, 0.15) is 30.5 Å². The molecule has 14 heteroatoms. The van der Waals surface area contributed by atoms with Crippen LogP contribution in [0.5, 0.6) is 0 Å². The number of ether oxygens (including phenoxy) is 2. The van der Waals surface area contributed by atoms with E-state index in [1.807, 2.05) is 0 Å². The molecule has 0 spiro atoms. The van der Waals surface area contributed by atoms with Gasteiger partial charge < -0.3 is 40.3 Å². The Morgan fingerprint density at radius 3 is 1.71 bits per heavy atom. The highest BCUT2D eigenvalue weighted by Crippen LogP contribution is 2.26. The van der Waals surface area contributed by atoms with Crippen LogP contribution in [0.4, 0.5) is 0 Å². The van der Waals surface area contributed by atoms with Crippen LogP contribution in [0.25, 0.3) is 0 Å². The first kappa shape index (κ1) is 52.6. The fourth-order valence-electron chi connectivity index (χ4n) is 6.83. The molecule has 56 heavy (non-hydrogen) atoms. The third-order valence-electron chi connectivity index (χ3n) is 10.3. The molecule has 0 saturated carbocycles. The van der Waals surface area contributed by atoms with Gasteiger partial charge in [0, 0.05) is 0 Å². The van der Waals surface area contributed by atoms with Crippen molar-refractivity contribution in [2.24, 2.45) is 0 Å². The van der Waals surface area contributed by atoms with Gasteiger partial charge in [0.15, 0.2) is 6.29 Å². The molecule has 1 saturated heterocycles. The summed E-state index contributed by atoms with van der Waals surface area (Å²) < 4.78 is 47.3. The lowest BCUT2D eigenvalue weighted by atomic mass is 9.99. The van der Waals surface area contributed by atoms with Gasteiger partial charge in [-0.3, -0.25) is 9.35 Å². The molecule has 0 aromatic carbocycles. The molecule has 1 aliphatic rings. The summed E-state index contributed by atoms with van der Waals surface area (Å²) in [4.78, 5) is 13.0. The fraction of sp³-hybridized carbons (Fsp3) is 0.881. The van der Waals surface area contributed by atoms with E-state index in [4.69, 9.17) is 14.0 Å². The second-order valence-electron chi connectivity index (χ2n) is 15.4. The Bertz CT molecular complexity index is 1120. The summed E-state index contributed by atoms with van der Waals surface area (Å²) in [5.41, 5.74) is 0. The summed E-state index contributed by atoms with van der Waals surface area (Å²) in [7, 11) is -5.12. The molecule has 1 aliphatic heterocycles. The minimum Gasteiger partial charge on any atom is -0.394 e. The van der Waals surface area contributed by atoms with Gasteiger partial charge in [-0.05, 0) is 32.1 Å². The zero-order valence-corrected chi connectivity index (χ0v) is 35.4. The molecule has 7 N–H and O–H groups in total. The summed E-state index contributed by atoms with van der Waals surface area (Å²) in [6, 6.07) is -1.13. The Balaban J connectivity index is 2.58. The van der Waals surface area contributed by atoms with Gasteiger partial charge in [-0.2, -0.15) is 8.42 Å². The van der Waals surface area contributed by atoms with Crippen molar-refractivity contribution >= 4 is 16.3 Å². The lowest BCUT2D eigenvalue weighted by Crippen LogP contribution is -2.61. The van der Waals surface area contributed by atoms with Crippen molar-refractivity contribution in [2.45, 2.75) is 223 Å². The summed E-state index contributed by atoms with van der Waals surface area (Å²) in [5.74, 6) is -0.713. The largest absolute Gasteiger partial charge is 0.397 e. The van der Waals surface area contributed by atoms with Crippen LogP contribution in [0, 0.1) is 0 Å². The first-order valence-corrected chi connectivity index (χ1v) is 23.2. The molecular weight excluding hydrogens is 743 g/mol. The molecule has 0 aromatic rings. The Morgan fingerprint density at radius 2 is 1.20 bits per heavy atom. The highest BCUT2D eigenvalue weighted by Gasteiger charge is 2.48. The van der Waals surface area contributed by atoms with Gasteiger partial charge in [0.25, 0.3) is 0 Å². The molecule has 8 atom stereocenters. The van der Waals surface area contributed by atoms with E-state index < -0.39 is 78.5 Å². The summed E-state index contributed by atoms with van der Waals surface area (Å²) in [6.07, 6.45) is 24.3. The molecule has 8 unspecified atom stereocenters. The molecule has 0 aliphatic carbocycles. The van der Waals surface area contributed by atoms with Gasteiger partial charge in [0.2, 0.25) is 5.91 Å². The smallest absolute Gasteiger partial charge is 0.394 e. The number of rotatable bonds is 36. The molecule has 1 rings (SSSR count). The number of aliphatic hydroxyl groups is 5. The Morgan fingerprint density at radius 1 is 0.714 bits per heavy atom. The maximum absolute atomic E-state index is 13.0. The maximum atomic E-state index is 13.0. The SMILES string of the molecule is CCCCCC/C=C/CC/C=C/C(O)C(COC1OC(CO)C(O)C(OS(=O)(=O)O)C1O)NC(=O)C(O)CCCCCCCCCCCCCCCCCCC. The predicted molar refractivity (Wildman–Crippen MR) is 219 cm³/mol. The maximum Gasteiger partial charge on any atom is 0.397 e. The summed E-state index contributed by atoms with van der Waals surface area (Å²) >= 11 is 0. The summed E-state index contributed by atoms with van der Waals surface area (Å²) in [6.45, 7) is 3.14. The summed E-state index contributed by atoms with van der Waals surface area (Å²) in [5, 5.41) is 54.9. The van der Waals surface area contributed by atoms with E-state index >= 15 is 0 Å². The minimum atomic E-state index is -5.12. The van der Waals surface area contributed by atoms with Gasteiger partial charge >= 0.3 is 10.4 Å². The van der Waals surface area contributed by atoms with Crippen LogP contribution >= 0.6 is 0 Å². The van der Waals surface area contributed by atoms with Crippen molar-refractivity contribution in [3.63, 3.8) is 0 Å². The third-order valence-corrected chi connectivity index (χ3v) is 10.8. The van der Waals surface area contributed by atoms with E-state index in [2.05, 4.69) is 35.5 Å². The topological polar surface area (TPSA) is 212 Å². The van der Waals surface area contributed by atoms with Crippen molar-refractivity contribution in [1.82, 2.24) is 5.32 Å². The van der Waals surface area contributed by atoms with Crippen LogP contribution in [0.1, 0.15) is 174 Å². The van der Waals surface area contributed by atoms with E-state index in [9.17, 15) is 38.7 Å². The number of amides is 1. The lowest BCUT2D eigenvalue weighted by Gasteiger charge is -2.41. The predicted octanol–water partition coefficient (Wildman–Crippen LogP) is 6.74. The molecule has 1 heterocycles. The third kappa shape index (κ3) is 25.8. The van der Waals surface area contributed by atoms with Crippen LogP contribution in [0.2, 0.25) is 0 Å². The van der Waals surface area contributed by atoms with E-state index in [-0.39, 0.29) is 6.42 Å². The minimum absolute atomic E-state index is 0.240. The first-order chi connectivity index (χ1) is 26.9.